The van der Waals surface area contributed by atoms with Crippen LogP contribution in [0.3, 0.4) is 0 Å². The van der Waals surface area contributed by atoms with E-state index in [0.29, 0.717) is 10.8 Å². The minimum absolute atomic E-state index is 0.0363. The quantitative estimate of drug-likeness (QED) is 0.330. The first-order chi connectivity index (χ1) is 14.6. The molecule has 164 valence electrons. The summed E-state index contributed by atoms with van der Waals surface area (Å²) >= 11 is 6.17. The van der Waals surface area contributed by atoms with Crippen molar-refractivity contribution < 1.29 is 31.5 Å². The second kappa shape index (κ2) is 9.01. The van der Waals surface area contributed by atoms with Gasteiger partial charge in [-0.25, -0.2) is 17.6 Å². The maximum atomic E-state index is 13.7. The molecule has 1 N–H and O–H groups in total. The van der Waals surface area contributed by atoms with Crippen molar-refractivity contribution in [3.63, 3.8) is 0 Å². The standard InChI is InChI=1S/C22H18ClF4NO3/c1-10(2)13-7-14(23)11(3)6-18(13)30-9-12-4-5-17(31-12)22(29)28-21-19(26)15(24)8-16(25)20(21)27/h4-8,10H,9H2,1-3H3,(H,28,29). The van der Waals surface area contributed by atoms with Crippen LogP contribution in [0.4, 0.5) is 23.2 Å². The number of benzene rings is 2. The normalized spacial score (nSPS) is 11.1. The van der Waals surface area contributed by atoms with Crippen LogP contribution in [0.1, 0.15) is 47.2 Å². The fourth-order valence-corrected chi connectivity index (χ4v) is 3.00. The van der Waals surface area contributed by atoms with Crippen molar-refractivity contribution in [3.8, 4) is 5.75 Å². The van der Waals surface area contributed by atoms with Gasteiger partial charge in [0.05, 0.1) is 0 Å². The highest BCUT2D eigenvalue weighted by molar-refractivity contribution is 6.31. The molecule has 0 saturated heterocycles. The molecule has 31 heavy (non-hydrogen) atoms. The Hall–Kier alpha value is -3.00. The predicted octanol–water partition coefficient (Wildman–Crippen LogP) is 6.75. The number of aryl methyl sites for hydroxylation is 1. The molecule has 0 atom stereocenters. The highest BCUT2D eigenvalue weighted by Crippen LogP contribution is 2.32. The number of anilines is 1. The van der Waals surface area contributed by atoms with Crippen molar-refractivity contribution in [2.24, 2.45) is 0 Å². The molecule has 0 saturated carbocycles. The van der Waals surface area contributed by atoms with E-state index >= 15 is 0 Å². The smallest absolute Gasteiger partial charge is 0.291 e. The van der Waals surface area contributed by atoms with Gasteiger partial charge < -0.3 is 14.5 Å². The van der Waals surface area contributed by atoms with Crippen LogP contribution >= 0.6 is 11.6 Å². The van der Waals surface area contributed by atoms with Gasteiger partial charge in [0.15, 0.2) is 29.0 Å². The summed E-state index contributed by atoms with van der Waals surface area (Å²) in [6, 6.07) is 6.34. The zero-order chi connectivity index (χ0) is 22.9. The Labute approximate surface area is 180 Å². The molecule has 3 aromatic rings. The molecule has 0 bridgehead atoms. The molecule has 0 fully saturated rings. The van der Waals surface area contributed by atoms with Crippen LogP contribution in [0.25, 0.3) is 0 Å². The van der Waals surface area contributed by atoms with Crippen LogP contribution in [0.15, 0.2) is 34.7 Å². The molecule has 0 unspecified atom stereocenters. The molecule has 0 aliphatic carbocycles. The van der Waals surface area contributed by atoms with Crippen molar-refractivity contribution in [2.45, 2.75) is 33.3 Å². The van der Waals surface area contributed by atoms with Crippen molar-refractivity contribution in [1.82, 2.24) is 0 Å². The topological polar surface area (TPSA) is 51.5 Å². The zero-order valence-corrected chi connectivity index (χ0v) is 17.5. The van der Waals surface area contributed by atoms with Gasteiger partial charge >= 0.3 is 0 Å². The Balaban J connectivity index is 1.75. The molecule has 0 aliphatic rings. The summed E-state index contributed by atoms with van der Waals surface area (Å²) in [5, 5.41) is 2.40. The molecule has 3 rings (SSSR count). The maximum Gasteiger partial charge on any atom is 0.291 e. The Bertz CT molecular complexity index is 1120. The van der Waals surface area contributed by atoms with E-state index in [-0.39, 0.29) is 30.1 Å². The van der Waals surface area contributed by atoms with Gasteiger partial charge in [-0.2, -0.15) is 0 Å². The van der Waals surface area contributed by atoms with Crippen LogP contribution in [0.2, 0.25) is 5.02 Å². The molecule has 0 radical (unpaired) electrons. The van der Waals surface area contributed by atoms with Crippen molar-refractivity contribution in [2.75, 3.05) is 5.32 Å². The van der Waals surface area contributed by atoms with Crippen molar-refractivity contribution in [1.29, 1.82) is 0 Å². The number of halogens is 5. The van der Waals surface area contributed by atoms with Crippen LogP contribution in [0.5, 0.6) is 5.75 Å². The van der Waals surface area contributed by atoms with Crippen LogP contribution in [0, 0.1) is 30.2 Å². The lowest BCUT2D eigenvalue weighted by molar-refractivity contribution is 0.0991. The summed E-state index contributed by atoms with van der Waals surface area (Å²) in [5.41, 5.74) is 0.473. The van der Waals surface area contributed by atoms with E-state index in [9.17, 15) is 22.4 Å². The molecular weight excluding hydrogens is 438 g/mol. The van der Waals surface area contributed by atoms with Gasteiger partial charge in [-0.05, 0) is 48.2 Å². The number of hydrogen-bond acceptors (Lipinski definition) is 3. The Morgan fingerprint density at radius 1 is 1.10 bits per heavy atom. The van der Waals surface area contributed by atoms with E-state index in [1.807, 2.05) is 26.8 Å². The van der Waals surface area contributed by atoms with Crippen molar-refractivity contribution >= 4 is 23.2 Å². The number of carbonyl (C=O) groups excluding carboxylic acids is 1. The van der Waals surface area contributed by atoms with Gasteiger partial charge in [0.2, 0.25) is 0 Å². The molecule has 0 spiro atoms. The van der Waals surface area contributed by atoms with E-state index in [0.717, 1.165) is 11.1 Å². The summed E-state index contributed by atoms with van der Waals surface area (Å²) < 4.78 is 65.2. The number of furan rings is 1. The number of nitrogens with one attached hydrogen (secondary N) is 1. The average molecular weight is 456 g/mol. The Morgan fingerprint density at radius 2 is 1.74 bits per heavy atom. The fraction of sp³-hybridized carbons (Fsp3) is 0.227. The molecule has 2 aromatic carbocycles. The summed E-state index contributed by atoms with van der Waals surface area (Å²) in [5.74, 6) is -7.13. The number of ether oxygens (including phenoxy) is 1. The lowest BCUT2D eigenvalue weighted by Gasteiger charge is -2.15. The van der Waals surface area contributed by atoms with Gasteiger partial charge in [-0.15, -0.1) is 0 Å². The number of rotatable bonds is 6. The van der Waals surface area contributed by atoms with Gasteiger partial charge in [-0.1, -0.05) is 25.4 Å². The molecule has 1 aromatic heterocycles. The first kappa shape index (κ1) is 22.7. The summed E-state index contributed by atoms with van der Waals surface area (Å²) in [6.07, 6.45) is 0. The fourth-order valence-electron chi connectivity index (χ4n) is 2.83. The molecule has 9 heteroatoms. The highest BCUT2D eigenvalue weighted by atomic mass is 35.5. The van der Waals surface area contributed by atoms with Crippen molar-refractivity contribution in [3.05, 3.63) is 81.3 Å². The third-order valence-corrected chi connectivity index (χ3v) is 4.93. The second-order valence-corrected chi connectivity index (χ2v) is 7.55. The van der Waals surface area contributed by atoms with Gasteiger partial charge in [0.25, 0.3) is 5.91 Å². The number of hydrogen-bond donors (Lipinski definition) is 1. The molecule has 1 heterocycles. The third kappa shape index (κ3) is 4.85. The van der Waals surface area contributed by atoms with Gasteiger partial charge in [0.1, 0.15) is 23.8 Å². The van der Waals surface area contributed by atoms with Crippen LogP contribution in [-0.4, -0.2) is 5.91 Å². The first-order valence-corrected chi connectivity index (χ1v) is 9.62. The SMILES string of the molecule is Cc1cc(OCc2ccc(C(=O)Nc3c(F)c(F)cc(F)c3F)o2)c(C(C)C)cc1Cl. The van der Waals surface area contributed by atoms with Gasteiger partial charge in [0, 0.05) is 11.1 Å². The predicted molar refractivity (Wildman–Crippen MR) is 108 cm³/mol. The molecule has 1 amide bonds. The highest BCUT2D eigenvalue weighted by Gasteiger charge is 2.23. The maximum absolute atomic E-state index is 13.7. The second-order valence-electron chi connectivity index (χ2n) is 7.15. The van der Waals surface area contributed by atoms with E-state index in [1.165, 1.54) is 12.1 Å². The summed E-state index contributed by atoms with van der Waals surface area (Å²) in [4.78, 5) is 12.2. The minimum Gasteiger partial charge on any atom is -0.485 e. The van der Waals surface area contributed by atoms with E-state index in [4.69, 9.17) is 20.8 Å². The Morgan fingerprint density at radius 3 is 2.35 bits per heavy atom. The summed E-state index contributed by atoms with van der Waals surface area (Å²) in [7, 11) is 0. The first-order valence-electron chi connectivity index (χ1n) is 9.24. The average Bonchev–Trinajstić information content (AvgIpc) is 3.19. The van der Waals surface area contributed by atoms with Crippen LogP contribution in [-0.2, 0) is 6.61 Å². The monoisotopic (exact) mass is 455 g/mol. The van der Waals surface area contributed by atoms with Gasteiger partial charge in [-0.3, -0.25) is 4.79 Å². The minimum atomic E-state index is -1.72. The molecular formula is C22H18ClF4NO3. The van der Waals surface area contributed by atoms with E-state index in [2.05, 4.69) is 0 Å². The van der Waals surface area contributed by atoms with E-state index in [1.54, 1.807) is 11.4 Å². The molecule has 4 nitrogen and oxygen atoms in total. The van der Waals surface area contributed by atoms with Crippen LogP contribution < -0.4 is 10.1 Å². The number of carbonyl (C=O) groups is 1. The largest absolute Gasteiger partial charge is 0.485 e. The lowest BCUT2D eigenvalue weighted by atomic mass is 10.0. The summed E-state index contributed by atoms with van der Waals surface area (Å²) in [6.45, 7) is 5.76. The van der Waals surface area contributed by atoms with E-state index < -0.39 is 34.9 Å². The molecule has 0 aliphatic heterocycles. The zero-order valence-electron chi connectivity index (χ0n) is 16.8. The third-order valence-electron chi connectivity index (χ3n) is 4.52. The number of amides is 1. The Kier molecular flexibility index (Phi) is 6.59. The lowest BCUT2D eigenvalue weighted by Crippen LogP contribution is -2.15.